The zero-order chi connectivity index (χ0) is 7.84. The van der Waals surface area contributed by atoms with Crippen molar-refractivity contribution in [2.75, 3.05) is 0 Å². The first kappa shape index (κ1) is 6.92. The zero-order valence-electron chi connectivity index (χ0n) is 6.21. The van der Waals surface area contributed by atoms with Gasteiger partial charge in [0.1, 0.15) is 0 Å². The molecule has 0 saturated carbocycles. The summed E-state index contributed by atoms with van der Waals surface area (Å²) in [6.07, 6.45) is 0. The van der Waals surface area contributed by atoms with E-state index < -0.39 is 0 Å². The fourth-order valence-electron chi connectivity index (χ4n) is 1.26. The maximum atomic E-state index is 3.47. The van der Waals surface area contributed by atoms with Gasteiger partial charge < -0.3 is 4.57 Å². The lowest BCUT2D eigenvalue weighted by molar-refractivity contribution is 0.941. The molecular formula is C9H8BrN. The summed E-state index contributed by atoms with van der Waals surface area (Å²) in [5.74, 6) is 0. The van der Waals surface area contributed by atoms with Crippen molar-refractivity contribution in [3.05, 3.63) is 34.9 Å². The van der Waals surface area contributed by atoms with E-state index in [0.717, 1.165) is 4.60 Å². The van der Waals surface area contributed by atoms with Gasteiger partial charge >= 0.3 is 0 Å². The molecule has 1 nitrogen and oxygen atoms in total. The molecule has 0 aliphatic carbocycles. The Morgan fingerprint density at radius 3 is 2.73 bits per heavy atom. The average Bonchev–Trinajstić information content (AvgIpc) is 2.30. The molecule has 2 rings (SSSR count). The molecular weight excluding hydrogens is 202 g/mol. The van der Waals surface area contributed by atoms with Crippen LogP contribution in [-0.2, 0) is 7.05 Å². The summed E-state index contributed by atoms with van der Waals surface area (Å²) in [5.41, 5.74) is 1.26. The van der Waals surface area contributed by atoms with Crippen LogP contribution in [0.15, 0.2) is 34.9 Å². The number of para-hydroxylation sites is 1. The van der Waals surface area contributed by atoms with Gasteiger partial charge in [0.15, 0.2) is 0 Å². The van der Waals surface area contributed by atoms with Crippen molar-refractivity contribution in [2.24, 2.45) is 7.05 Å². The van der Waals surface area contributed by atoms with Crippen LogP contribution in [-0.4, -0.2) is 4.57 Å². The molecule has 56 valence electrons. The third-order valence-corrected chi connectivity index (χ3v) is 2.65. The van der Waals surface area contributed by atoms with Crippen molar-refractivity contribution in [3.8, 4) is 0 Å². The Bertz CT molecular complexity index is 389. The topological polar surface area (TPSA) is 4.93 Å². The second kappa shape index (κ2) is 2.38. The molecule has 0 amide bonds. The monoisotopic (exact) mass is 209 g/mol. The Morgan fingerprint density at radius 1 is 1.27 bits per heavy atom. The van der Waals surface area contributed by atoms with E-state index in [9.17, 15) is 0 Å². The van der Waals surface area contributed by atoms with Crippen molar-refractivity contribution in [3.63, 3.8) is 0 Å². The van der Waals surface area contributed by atoms with Gasteiger partial charge in [0, 0.05) is 18.0 Å². The second-order valence-electron chi connectivity index (χ2n) is 2.58. The number of aromatic nitrogens is 1. The third kappa shape index (κ3) is 0.979. The molecule has 0 saturated heterocycles. The van der Waals surface area contributed by atoms with E-state index in [0.29, 0.717) is 0 Å². The molecule has 0 unspecified atom stereocenters. The number of rotatable bonds is 0. The minimum absolute atomic E-state index is 1.12. The van der Waals surface area contributed by atoms with Crippen LogP contribution in [0.2, 0.25) is 0 Å². The van der Waals surface area contributed by atoms with Crippen molar-refractivity contribution in [1.29, 1.82) is 0 Å². The Hall–Kier alpha value is -0.760. The van der Waals surface area contributed by atoms with Crippen LogP contribution in [0.3, 0.4) is 0 Å². The van der Waals surface area contributed by atoms with Crippen LogP contribution in [0.25, 0.3) is 10.9 Å². The molecule has 0 bridgehead atoms. The summed E-state index contributed by atoms with van der Waals surface area (Å²) in [5, 5.41) is 1.28. The molecule has 0 fully saturated rings. The van der Waals surface area contributed by atoms with Crippen LogP contribution in [0.1, 0.15) is 0 Å². The summed E-state index contributed by atoms with van der Waals surface area (Å²) in [6.45, 7) is 0. The predicted molar refractivity (Wildman–Crippen MR) is 50.6 cm³/mol. The molecule has 2 aromatic rings. The summed E-state index contributed by atoms with van der Waals surface area (Å²) in [4.78, 5) is 0. The Labute approximate surface area is 73.8 Å². The van der Waals surface area contributed by atoms with Gasteiger partial charge in [0.2, 0.25) is 0 Å². The summed E-state index contributed by atoms with van der Waals surface area (Å²) in [6, 6.07) is 10.4. The van der Waals surface area contributed by atoms with Gasteiger partial charge in [-0.15, -0.1) is 0 Å². The molecule has 1 heterocycles. The summed E-state index contributed by atoms with van der Waals surface area (Å²) in [7, 11) is 2.05. The Morgan fingerprint density at radius 2 is 2.00 bits per heavy atom. The highest BCUT2D eigenvalue weighted by Crippen LogP contribution is 2.21. The minimum atomic E-state index is 1.12. The van der Waals surface area contributed by atoms with Gasteiger partial charge in [0.25, 0.3) is 0 Å². The fraction of sp³-hybridized carbons (Fsp3) is 0.111. The van der Waals surface area contributed by atoms with E-state index in [1.807, 2.05) is 7.05 Å². The maximum Gasteiger partial charge on any atom is 0.0854 e. The van der Waals surface area contributed by atoms with Crippen LogP contribution in [0, 0.1) is 0 Å². The van der Waals surface area contributed by atoms with Gasteiger partial charge in [-0.05, 0) is 28.1 Å². The average molecular weight is 210 g/mol. The number of halogens is 1. The van der Waals surface area contributed by atoms with Gasteiger partial charge in [-0.1, -0.05) is 18.2 Å². The van der Waals surface area contributed by atoms with Crippen molar-refractivity contribution in [2.45, 2.75) is 0 Å². The van der Waals surface area contributed by atoms with E-state index in [-0.39, 0.29) is 0 Å². The highest BCUT2D eigenvalue weighted by Gasteiger charge is 1.99. The molecule has 0 atom stereocenters. The summed E-state index contributed by atoms with van der Waals surface area (Å²) < 4.78 is 3.24. The number of hydrogen-bond acceptors (Lipinski definition) is 0. The third-order valence-electron chi connectivity index (χ3n) is 1.89. The molecule has 1 aromatic carbocycles. The number of benzene rings is 1. The number of nitrogens with zero attached hydrogens (tertiary/aromatic N) is 1. The standard InChI is InChI=1S/C9H8BrN/c1-11-8-5-3-2-4-7(8)6-9(11)10/h2-6H,1H3. The van der Waals surface area contributed by atoms with E-state index in [4.69, 9.17) is 0 Å². The van der Waals surface area contributed by atoms with Crippen LogP contribution < -0.4 is 0 Å². The van der Waals surface area contributed by atoms with Gasteiger partial charge in [0.05, 0.1) is 4.60 Å². The highest BCUT2D eigenvalue weighted by atomic mass is 79.9. The largest absolute Gasteiger partial charge is 0.338 e. The van der Waals surface area contributed by atoms with Gasteiger partial charge in [-0.2, -0.15) is 0 Å². The quantitative estimate of drug-likeness (QED) is 0.629. The predicted octanol–water partition coefficient (Wildman–Crippen LogP) is 2.94. The van der Waals surface area contributed by atoms with Crippen molar-refractivity contribution < 1.29 is 0 Å². The normalized spacial score (nSPS) is 10.7. The number of aryl methyl sites for hydroxylation is 1. The van der Waals surface area contributed by atoms with Crippen molar-refractivity contribution in [1.82, 2.24) is 4.57 Å². The molecule has 11 heavy (non-hydrogen) atoms. The maximum absolute atomic E-state index is 3.47. The van der Waals surface area contributed by atoms with Crippen molar-refractivity contribution >= 4 is 26.8 Å². The van der Waals surface area contributed by atoms with Crippen LogP contribution in [0.5, 0.6) is 0 Å². The lowest BCUT2D eigenvalue weighted by Crippen LogP contribution is -1.84. The lowest BCUT2D eigenvalue weighted by Gasteiger charge is -1.95. The van der Waals surface area contributed by atoms with Crippen LogP contribution >= 0.6 is 15.9 Å². The molecule has 0 spiro atoms. The molecule has 1 aromatic heterocycles. The SMILES string of the molecule is Cn1c(Br)cc2ccccc21. The number of hydrogen-bond donors (Lipinski definition) is 0. The molecule has 0 N–H and O–H groups in total. The Balaban J connectivity index is 2.92. The number of fused-ring (bicyclic) bond motifs is 1. The first-order valence-corrected chi connectivity index (χ1v) is 4.28. The first-order valence-electron chi connectivity index (χ1n) is 3.49. The van der Waals surface area contributed by atoms with Crippen LogP contribution in [0.4, 0.5) is 0 Å². The van der Waals surface area contributed by atoms with Gasteiger partial charge in [-0.3, -0.25) is 0 Å². The van der Waals surface area contributed by atoms with E-state index in [1.165, 1.54) is 10.9 Å². The van der Waals surface area contributed by atoms with E-state index >= 15 is 0 Å². The highest BCUT2D eigenvalue weighted by molar-refractivity contribution is 9.10. The molecule has 0 radical (unpaired) electrons. The first-order chi connectivity index (χ1) is 5.29. The Kier molecular flexibility index (Phi) is 1.50. The van der Waals surface area contributed by atoms with E-state index in [1.54, 1.807) is 0 Å². The lowest BCUT2D eigenvalue weighted by atomic mass is 10.2. The van der Waals surface area contributed by atoms with E-state index in [2.05, 4.69) is 50.8 Å². The fourth-order valence-corrected chi connectivity index (χ4v) is 1.69. The molecule has 2 heteroatoms. The summed E-state index contributed by atoms with van der Waals surface area (Å²) >= 11 is 3.47. The molecule has 0 aliphatic rings. The molecule has 0 aliphatic heterocycles. The zero-order valence-corrected chi connectivity index (χ0v) is 7.80. The second-order valence-corrected chi connectivity index (χ2v) is 3.40. The van der Waals surface area contributed by atoms with Gasteiger partial charge in [-0.25, -0.2) is 0 Å². The minimum Gasteiger partial charge on any atom is -0.338 e. The smallest absolute Gasteiger partial charge is 0.0854 e.